The summed E-state index contributed by atoms with van der Waals surface area (Å²) in [6.45, 7) is 0.742. The molecule has 0 aliphatic carbocycles. The molecular weight excluding hydrogens is 612 g/mol. The van der Waals surface area contributed by atoms with Gasteiger partial charge in [-0.3, -0.25) is 0 Å². The maximum atomic E-state index is 11.9. The molecule has 17 nitrogen and oxygen atoms in total. The number of hydrogen-bond acceptors (Lipinski definition) is 16. The molecule has 0 spiro atoms. The van der Waals surface area contributed by atoms with Crippen molar-refractivity contribution in [1.29, 1.82) is 0 Å². The summed E-state index contributed by atoms with van der Waals surface area (Å²) in [6.07, 6.45) is -18.0. The molecule has 10 atom stereocenters. The molecule has 42 heavy (non-hydrogen) atoms. The van der Waals surface area contributed by atoms with Gasteiger partial charge in [0.2, 0.25) is 6.29 Å². The minimum atomic E-state index is -5.31. The van der Waals surface area contributed by atoms with Crippen molar-refractivity contribution >= 4 is 27.2 Å². The molecule has 2 saturated heterocycles. The van der Waals surface area contributed by atoms with E-state index in [9.17, 15) is 53.2 Å². The first-order chi connectivity index (χ1) is 18.7. The van der Waals surface area contributed by atoms with Crippen LogP contribution in [-0.4, -0.2) is 112 Å². The first-order valence-corrected chi connectivity index (χ1v) is 13.1. The summed E-state index contributed by atoms with van der Waals surface area (Å²) in [5, 5.41) is 63.6. The number of fused-ring (bicyclic) bond motifs is 1. The molecular formula is C22H25NNa2O16S. The first kappa shape index (κ1) is 37.4. The van der Waals surface area contributed by atoms with Crippen LogP contribution in [0.2, 0.25) is 0 Å². The minimum Gasteiger partial charge on any atom is -0.735 e. The predicted molar refractivity (Wildman–Crippen MR) is 123 cm³/mol. The third kappa shape index (κ3) is 8.29. The van der Waals surface area contributed by atoms with Crippen LogP contribution < -0.4 is 79.3 Å². The minimum absolute atomic E-state index is 0. The summed E-state index contributed by atoms with van der Waals surface area (Å²) in [7, 11) is -5.31. The Hall–Kier alpha value is -0.750. The number of carboxylic acid groups (broad SMARTS) is 1. The summed E-state index contributed by atoms with van der Waals surface area (Å²) in [5.74, 6) is -2.04. The molecule has 0 bridgehead atoms. The number of ether oxygens (including phenoxy) is 4. The summed E-state index contributed by atoms with van der Waals surface area (Å²) < 4.78 is 61.7. The van der Waals surface area contributed by atoms with E-state index in [1.54, 1.807) is 6.92 Å². The van der Waals surface area contributed by atoms with Crippen LogP contribution in [0.4, 0.5) is 0 Å². The molecule has 1 aromatic heterocycles. The Morgan fingerprint density at radius 1 is 1.02 bits per heavy atom. The number of hydrogen-bond donors (Lipinski definition) is 6. The second kappa shape index (κ2) is 15.0. The number of aliphatic hydroxyl groups is 5. The zero-order chi connectivity index (χ0) is 29.5. The van der Waals surface area contributed by atoms with Gasteiger partial charge in [0, 0.05) is 17.5 Å². The Bertz CT molecular complexity index is 1410. The maximum absolute atomic E-state index is 11.9. The number of carbonyl (C=O) groups is 1. The molecule has 0 unspecified atom stereocenters. The maximum Gasteiger partial charge on any atom is 1.00 e. The molecule has 20 heteroatoms. The first-order valence-electron chi connectivity index (χ1n) is 11.6. The van der Waals surface area contributed by atoms with Crippen LogP contribution in [0.25, 0.3) is 11.0 Å². The molecule has 1 aromatic carbocycles. The Balaban J connectivity index is 0.00000308. The number of rotatable bonds is 8. The van der Waals surface area contributed by atoms with Gasteiger partial charge in [-0.05, 0) is 24.6 Å². The van der Waals surface area contributed by atoms with Gasteiger partial charge < -0.3 is 63.4 Å². The van der Waals surface area contributed by atoms with Gasteiger partial charge in [-0.2, -0.15) is 0 Å². The average molecular weight is 637 g/mol. The number of aryl methyl sites for hydroxylation is 1. The van der Waals surface area contributed by atoms with Crippen molar-refractivity contribution in [1.82, 2.24) is 4.72 Å². The number of nitrogens with one attached hydrogen (secondary N) is 1. The van der Waals surface area contributed by atoms with Crippen molar-refractivity contribution in [2.24, 2.45) is 0 Å². The van der Waals surface area contributed by atoms with E-state index < -0.39 is 89.9 Å². The van der Waals surface area contributed by atoms with Crippen LogP contribution in [0.1, 0.15) is 5.56 Å². The average Bonchev–Trinajstić information content (AvgIpc) is 2.86. The molecule has 0 saturated carbocycles. The van der Waals surface area contributed by atoms with E-state index in [0.29, 0.717) is 10.9 Å². The third-order valence-corrected chi connectivity index (χ3v) is 6.97. The van der Waals surface area contributed by atoms with Crippen molar-refractivity contribution in [3.8, 4) is 5.75 Å². The quantitative estimate of drug-likeness (QED) is 0.0890. The third-order valence-electron chi connectivity index (χ3n) is 6.40. The van der Waals surface area contributed by atoms with Gasteiger partial charge in [0.1, 0.15) is 60.1 Å². The monoisotopic (exact) mass is 637 g/mol. The van der Waals surface area contributed by atoms with Gasteiger partial charge in [-0.25, -0.2) is 17.9 Å². The van der Waals surface area contributed by atoms with Gasteiger partial charge in [0.25, 0.3) is 0 Å². The van der Waals surface area contributed by atoms with E-state index in [0.717, 1.165) is 0 Å². The van der Waals surface area contributed by atoms with Crippen molar-refractivity contribution in [3.05, 3.63) is 40.2 Å². The van der Waals surface area contributed by atoms with Gasteiger partial charge >= 0.3 is 64.7 Å². The Labute approximate surface area is 281 Å². The van der Waals surface area contributed by atoms with E-state index in [1.807, 2.05) is 0 Å². The summed E-state index contributed by atoms with van der Waals surface area (Å²) in [5.41, 5.74) is 0.0568. The van der Waals surface area contributed by atoms with Gasteiger partial charge in [-0.1, -0.05) is 0 Å². The van der Waals surface area contributed by atoms with Crippen LogP contribution in [0.15, 0.2) is 33.5 Å². The standard InChI is InChI=1S/C22H27NO16S.2Na/c1-7-4-12(25)36-10-5-8(2-3-9(7)10)35-22-17(29)16(28)18(19(39-22)20(30)31)38-21-13(23-40(32,33)34)15(27)14(26)11(6-24)37-21;;/h2-5,11,13-19,21-24,26-29H,6H2,1H3,(H,30,31)(H,32,33,34);;/q;2*+1/p-2/t11-,13-,14-,15-,16-,17-,18+,19+,21-,22-;;/m1../s1. The van der Waals surface area contributed by atoms with Crippen molar-refractivity contribution < 1.29 is 131 Å². The number of carboxylic acids is 1. The zero-order valence-electron chi connectivity index (χ0n) is 22.4. The predicted octanol–water partition coefficient (Wildman–Crippen LogP) is -11.1. The second-order valence-electron chi connectivity index (χ2n) is 9.15. The Morgan fingerprint density at radius 2 is 1.69 bits per heavy atom. The smallest absolute Gasteiger partial charge is 0.735 e. The molecule has 2 fully saturated rings. The number of aliphatic carboxylic acids is 1. The molecule has 2 aliphatic heterocycles. The topological polar surface area (TPSA) is 278 Å². The van der Waals surface area contributed by atoms with Gasteiger partial charge in [0.05, 0.1) is 12.6 Å². The summed E-state index contributed by atoms with van der Waals surface area (Å²) >= 11 is 0. The fraction of sp³-hybridized carbons (Fsp3) is 0.545. The van der Waals surface area contributed by atoms with Gasteiger partial charge in [0.15, 0.2) is 16.6 Å². The SMILES string of the molecule is Cc1cc(=O)oc2cc(O[C@@H]3O[C@H](C(=O)[O-])[C@@H](O[C@H]4O[C@H](CO)[C@@H](O)[C@H](O)[C@H]4NS(=O)(=O)[O-])[C@H](O)[C@H]3O)ccc12.[Na+].[Na+]. The van der Waals surface area contributed by atoms with E-state index in [1.165, 1.54) is 29.0 Å². The molecule has 4 rings (SSSR count). The molecule has 0 amide bonds. The van der Waals surface area contributed by atoms with E-state index in [-0.39, 0.29) is 70.4 Å². The van der Waals surface area contributed by atoms with E-state index >= 15 is 0 Å². The number of aliphatic hydroxyl groups excluding tert-OH is 5. The van der Waals surface area contributed by atoms with E-state index in [2.05, 4.69) is 0 Å². The van der Waals surface area contributed by atoms with E-state index in [4.69, 9.17) is 23.4 Å². The molecule has 222 valence electrons. The van der Waals surface area contributed by atoms with Crippen LogP contribution in [0, 0.1) is 6.92 Å². The molecule has 2 aromatic rings. The van der Waals surface area contributed by atoms with Crippen molar-refractivity contribution in [3.63, 3.8) is 0 Å². The number of benzene rings is 1. The Morgan fingerprint density at radius 3 is 2.29 bits per heavy atom. The fourth-order valence-corrected chi connectivity index (χ4v) is 5.02. The molecule has 3 heterocycles. The summed E-state index contributed by atoms with van der Waals surface area (Å²) in [4.78, 5) is 23.6. The normalized spacial score (nSPS) is 33.3. The Kier molecular flexibility index (Phi) is 13.4. The van der Waals surface area contributed by atoms with Crippen LogP contribution in [0.5, 0.6) is 5.75 Å². The largest absolute Gasteiger partial charge is 1.00 e. The van der Waals surface area contributed by atoms with Crippen LogP contribution in [-0.2, 0) is 29.3 Å². The van der Waals surface area contributed by atoms with Crippen molar-refractivity contribution in [2.45, 2.75) is 68.3 Å². The molecule has 0 radical (unpaired) electrons. The zero-order valence-corrected chi connectivity index (χ0v) is 27.2. The van der Waals surface area contributed by atoms with Crippen LogP contribution in [0.3, 0.4) is 0 Å². The van der Waals surface area contributed by atoms with Crippen molar-refractivity contribution in [2.75, 3.05) is 6.61 Å². The summed E-state index contributed by atoms with van der Waals surface area (Å²) in [6, 6.07) is 3.40. The number of carbonyl (C=O) groups excluding carboxylic acids is 1. The second-order valence-corrected chi connectivity index (χ2v) is 10.3. The molecule has 6 N–H and O–H groups in total. The molecule has 2 aliphatic rings. The fourth-order valence-electron chi connectivity index (χ4n) is 4.43. The van der Waals surface area contributed by atoms with Crippen LogP contribution >= 0.6 is 0 Å². The van der Waals surface area contributed by atoms with Gasteiger partial charge in [-0.15, -0.1) is 0 Å².